The highest BCUT2D eigenvalue weighted by Crippen LogP contribution is 2.31. The summed E-state index contributed by atoms with van der Waals surface area (Å²) in [6.07, 6.45) is 1.39. The lowest BCUT2D eigenvalue weighted by Crippen LogP contribution is -1.71. The number of nitriles is 2. The lowest BCUT2D eigenvalue weighted by Gasteiger charge is -1.90. The van der Waals surface area contributed by atoms with E-state index in [1.165, 1.54) is 17.8 Å². The molecule has 0 amide bonds. The largest absolute Gasteiger partial charge is 0.450 e. The van der Waals surface area contributed by atoms with Crippen LogP contribution in [-0.4, -0.2) is 4.98 Å². The molecule has 0 saturated heterocycles. The van der Waals surface area contributed by atoms with Gasteiger partial charge in [-0.2, -0.15) is 10.5 Å². The van der Waals surface area contributed by atoms with Crippen molar-refractivity contribution in [1.29, 1.82) is 10.5 Å². The molecule has 0 N–H and O–H groups in total. The summed E-state index contributed by atoms with van der Waals surface area (Å²) < 4.78 is 11.1. The maximum Gasteiger partial charge on any atom is 0.264 e. The molecule has 6 heteroatoms. The molecular weight excluding hydrogens is 286 g/mol. The zero-order valence-electron chi connectivity index (χ0n) is 10.6. The SMILES string of the molecule is N#CC(C#N)=Cc1ccc(Sc2nc3ccccc3o2)o1. The van der Waals surface area contributed by atoms with Crippen LogP contribution in [0.4, 0.5) is 0 Å². The van der Waals surface area contributed by atoms with Crippen LogP contribution in [0, 0.1) is 22.7 Å². The molecule has 3 rings (SSSR count). The zero-order valence-corrected chi connectivity index (χ0v) is 11.4. The molecule has 0 aliphatic carbocycles. The van der Waals surface area contributed by atoms with Gasteiger partial charge in [0.25, 0.3) is 5.22 Å². The molecular formula is C15H7N3O2S. The van der Waals surface area contributed by atoms with Gasteiger partial charge in [-0.15, -0.1) is 0 Å². The molecule has 3 aromatic rings. The van der Waals surface area contributed by atoms with E-state index in [0.29, 0.717) is 21.7 Å². The van der Waals surface area contributed by atoms with E-state index in [1.807, 2.05) is 24.3 Å². The molecule has 0 saturated carbocycles. The molecule has 0 unspecified atom stereocenters. The average Bonchev–Trinajstić information content (AvgIpc) is 3.11. The fourth-order valence-corrected chi connectivity index (χ4v) is 2.40. The van der Waals surface area contributed by atoms with Gasteiger partial charge in [-0.05, 0) is 24.3 Å². The number of para-hydroxylation sites is 2. The van der Waals surface area contributed by atoms with Gasteiger partial charge in [0, 0.05) is 17.8 Å². The molecule has 1 aromatic carbocycles. The second kappa shape index (κ2) is 5.58. The van der Waals surface area contributed by atoms with Crippen molar-refractivity contribution in [3.63, 3.8) is 0 Å². The highest BCUT2D eigenvalue weighted by Gasteiger charge is 2.10. The van der Waals surface area contributed by atoms with Crippen LogP contribution in [0.2, 0.25) is 0 Å². The first-order chi connectivity index (χ1) is 10.3. The third-order valence-corrected chi connectivity index (χ3v) is 3.36. The normalized spacial score (nSPS) is 10.0. The van der Waals surface area contributed by atoms with E-state index in [4.69, 9.17) is 19.4 Å². The predicted octanol–water partition coefficient (Wildman–Crippen LogP) is 4.00. The van der Waals surface area contributed by atoms with Crippen molar-refractivity contribution in [3.05, 3.63) is 47.7 Å². The summed E-state index contributed by atoms with van der Waals surface area (Å²) in [4.78, 5) is 4.33. The van der Waals surface area contributed by atoms with Crippen LogP contribution in [0.3, 0.4) is 0 Å². The highest BCUT2D eigenvalue weighted by atomic mass is 32.2. The van der Waals surface area contributed by atoms with Gasteiger partial charge < -0.3 is 8.83 Å². The molecule has 0 aliphatic rings. The van der Waals surface area contributed by atoms with Crippen molar-refractivity contribution in [2.75, 3.05) is 0 Å². The van der Waals surface area contributed by atoms with Gasteiger partial charge in [-0.1, -0.05) is 12.1 Å². The molecule has 100 valence electrons. The fourth-order valence-electron chi connectivity index (χ4n) is 1.68. The number of rotatable bonds is 3. The Morgan fingerprint density at radius 1 is 1.10 bits per heavy atom. The van der Waals surface area contributed by atoms with Crippen LogP contribution in [0.1, 0.15) is 5.76 Å². The lowest BCUT2D eigenvalue weighted by molar-refractivity contribution is 0.453. The summed E-state index contributed by atoms with van der Waals surface area (Å²) >= 11 is 1.24. The maximum absolute atomic E-state index is 8.70. The van der Waals surface area contributed by atoms with Crippen molar-refractivity contribution in [2.45, 2.75) is 10.3 Å². The molecule has 2 aromatic heterocycles. The summed E-state index contributed by atoms with van der Waals surface area (Å²) in [5.74, 6) is 0.437. The predicted molar refractivity (Wildman–Crippen MR) is 76.0 cm³/mol. The number of hydrogen-bond donors (Lipinski definition) is 0. The minimum atomic E-state index is -0.0113. The van der Waals surface area contributed by atoms with Crippen molar-refractivity contribution in [1.82, 2.24) is 4.98 Å². The monoisotopic (exact) mass is 293 g/mol. The number of fused-ring (bicyclic) bond motifs is 1. The molecule has 0 atom stereocenters. The molecule has 0 aliphatic heterocycles. The Labute approximate surface area is 124 Å². The zero-order chi connectivity index (χ0) is 14.7. The van der Waals surface area contributed by atoms with E-state index in [-0.39, 0.29) is 5.57 Å². The fraction of sp³-hybridized carbons (Fsp3) is 0. The van der Waals surface area contributed by atoms with Gasteiger partial charge in [-0.3, -0.25) is 0 Å². The van der Waals surface area contributed by atoms with E-state index in [1.54, 1.807) is 24.3 Å². The quantitative estimate of drug-likeness (QED) is 0.678. The molecule has 0 spiro atoms. The molecule has 2 heterocycles. The summed E-state index contributed by atoms with van der Waals surface area (Å²) in [7, 11) is 0. The van der Waals surface area contributed by atoms with Crippen LogP contribution < -0.4 is 0 Å². The Kier molecular flexibility index (Phi) is 3.46. The number of hydrogen-bond acceptors (Lipinski definition) is 6. The van der Waals surface area contributed by atoms with Crippen molar-refractivity contribution in [2.24, 2.45) is 0 Å². The van der Waals surface area contributed by atoms with Crippen LogP contribution in [0.15, 0.2) is 61.1 Å². The standard InChI is InChI=1S/C15H7N3O2S/c16-8-10(9-17)7-11-5-6-14(19-11)21-15-18-12-3-1-2-4-13(12)20-15/h1-7H. The number of nitrogens with zero attached hydrogens (tertiary/aromatic N) is 3. The molecule has 5 nitrogen and oxygen atoms in total. The molecule has 0 radical (unpaired) electrons. The van der Waals surface area contributed by atoms with Gasteiger partial charge in [0.1, 0.15) is 29.0 Å². The summed E-state index contributed by atoms with van der Waals surface area (Å²) in [6, 6.07) is 14.4. The average molecular weight is 293 g/mol. The number of oxazole rings is 1. The van der Waals surface area contributed by atoms with Crippen molar-refractivity contribution in [3.8, 4) is 12.1 Å². The van der Waals surface area contributed by atoms with Gasteiger partial charge in [-0.25, -0.2) is 4.98 Å². The lowest BCUT2D eigenvalue weighted by atomic mass is 10.3. The number of allylic oxidation sites excluding steroid dienone is 1. The smallest absolute Gasteiger partial charge is 0.264 e. The van der Waals surface area contributed by atoms with E-state index in [0.717, 1.165) is 5.52 Å². The van der Waals surface area contributed by atoms with Crippen LogP contribution in [0.25, 0.3) is 17.2 Å². The first-order valence-electron chi connectivity index (χ1n) is 5.93. The Balaban J connectivity index is 1.83. The summed E-state index contributed by atoms with van der Waals surface area (Å²) in [6.45, 7) is 0. The Morgan fingerprint density at radius 2 is 1.90 bits per heavy atom. The Bertz CT molecular complexity index is 860. The highest BCUT2D eigenvalue weighted by molar-refractivity contribution is 7.99. The van der Waals surface area contributed by atoms with Gasteiger partial charge >= 0.3 is 0 Å². The van der Waals surface area contributed by atoms with E-state index in [2.05, 4.69) is 4.98 Å². The Morgan fingerprint density at radius 3 is 2.67 bits per heavy atom. The maximum atomic E-state index is 8.70. The van der Waals surface area contributed by atoms with E-state index in [9.17, 15) is 0 Å². The summed E-state index contributed by atoms with van der Waals surface area (Å²) in [5, 5.41) is 18.4. The molecule has 0 bridgehead atoms. The van der Waals surface area contributed by atoms with E-state index >= 15 is 0 Å². The third kappa shape index (κ3) is 2.81. The van der Waals surface area contributed by atoms with Crippen LogP contribution >= 0.6 is 11.8 Å². The second-order valence-corrected chi connectivity index (χ2v) is 4.94. The van der Waals surface area contributed by atoms with Crippen molar-refractivity contribution < 1.29 is 8.83 Å². The van der Waals surface area contributed by atoms with Gasteiger partial charge in [0.2, 0.25) is 0 Å². The topological polar surface area (TPSA) is 86.8 Å². The van der Waals surface area contributed by atoms with Crippen molar-refractivity contribution >= 4 is 28.9 Å². The molecule has 21 heavy (non-hydrogen) atoms. The minimum absolute atomic E-state index is 0.0113. The van der Waals surface area contributed by atoms with Crippen LogP contribution in [-0.2, 0) is 0 Å². The second-order valence-electron chi connectivity index (χ2n) is 3.99. The third-order valence-electron chi connectivity index (χ3n) is 2.59. The number of benzene rings is 1. The summed E-state index contributed by atoms with van der Waals surface area (Å²) in [5.41, 5.74) is 1.48. The van der Waals surface area contributed by atoms with E-state index < -0.39 is 0 Å². The van der Waals surface area contributed by atoms with Gasteiger partial charge in [0.05, 0.1) is 0 Å². The first-order valence-corrected chi connectivity index (χ1v) is 6.75. The number of furan rings is 1. The Hall–Kier alpha value is -2.96. The van der Waals surface area contributed by atoms with Gasteiger partial charge in [0.15, 0.2) is 10.7 Å². The minimum Gasteiger partial charge on any atom is -0.450 e. The first kappa shape index (κ1) is 13.0. The number of aromatic nitrogens is 1. The molecule has 0 fully saturated rings. The van der Waals surface area contributed by atoms with Crippen LogP contribution in [0.5, 0.6) is 0 Å².